The number of halogens is 1. The first-order valence-corrected chi connectivity index (χ1v) is 18.1. The first-order valence-electron chi connectivity index (χ1n) is 17.7. The van der Waals surface area contributed by atoms with E-state index in [4.69, 9.17) is 16.0 Å². The molecule has 3 atom stereocenters. The van der Waals surface area contributed by atoms with Crippen molar-refractivity contribution in [2.75, 3.05) is 0 Å². The third-order valence-corrected chi connectivity index (χ3v) is 10.7. The average molecular weight is 692 g/mol. The molecule has 0 bridgehead atoms. The summed E-state index contributed by atoms with van der Waals surface area (Å²) in [5.74, 6) is 0. The van der Waals surface area contributed by atoms with Gasteiger partial charge in [-0.15, -0.1) is 0 Å². The van der Waals surface area contributed by atoms with E-state index >= 15 is 0 Å². The molecule has 10 rings (SSSR count). The first-order chi connectivity index (χ1) is 25.6. The van der Waals surface area contributed by atoms with Crippen molar-refractivity contribution in [2.24, 2.45) is 0 Å². The molecule has 3 N–H and O–H groups in total. The average Bonchev–Trinajstić information content (AvgIpc) is 3.61. The number of fused-ring (bicyclic) bond motifs is 5. The van der Waals surface area contributed by atoms with Crippen molar-refractivity contribution in [1.82, 2.24) is 16.0 Å². The second kappa shape index (κ2) is 12.8. The maximum atomic E-state index is 6.66. The molecular weight excluding hydrogens is 658 g/mol. The molecule has 9 aromatic rings. The Bertz CT molecular complexity index is 2770. The Labute approximate surface area is 306 Å². The van der Waals surface area contributed by atoms with E-state index in [1.54, 1.807) is 0 Å². The van der Waals surface area contributed by atoms with Crippen LogP contribution < -0.4 is 16.0 Å². The lowest BCUT2D eigenvalue weighted by molar-refractivity contribution is 0.203. The lowest BCUT2D eigenvalue weighted by Crippen LogP contribution is -2.54. The Kier molecular flexibility index (Phi) is 7.63. The van der Waals surface area contributed by atoms with Crippen molar-refractivity contribution in [1.29, 1.82) is 0 Å². The predicted octanol–water partition coefficient (Wildman–Crippen LogP) is 12.1. The van der Waals surface area contributed by atoms with Crippen LogP contribution in [0.15, 0.2) is 174 Å². The topological polar surface area (TPSA) is 49.2 Å². The highest BCUT2D eigenvalue weighted by atomic mass is 35.5. The van der Waals surface area contributed by atoms with Gasteiger partial charge < -0.3 is 4.42 Å². The second-order valence-electron chi connectivity index (χ2n) is 13.6. The minimum absolute atomic E-state index is 0.0972. The van der Waals surface area contributed by atoms with Gasteiger partial charge >= 0.3 is 0 Å². The summed E-state index contributed by atoms with van der Waals surface area (Å²) < 4.78 is 6.23. The van der Waals surface area contributed by atoms with Crippen molar-refractivity contribution in [3.63, 3.8) is 0 Å². The van der Waals surface area contributed by atoms with Crippen LogP contribution >= 0.6 is 11.6 Å². The zero-order chi connectivity index (χ0) is 34.6. The van der Waals surface area contributed by atoms with Crippen LogP contribution in [0.1, 0.15) is 35.2 Å². The molecule has 5 heteroatoms. The summed E-state index contributed by atoms with van der Waals surface area (Å²) in [4.78, 5) is 0. The Morgan fingerprint density at radius 1 is 0.423 bits per heavy atom. The van der Waals surface area contributed by atoms with Crippen LogP contribution in [-0.4, -0.2) is 0 Å². The zero-order valence-electron chi connectivity index (χ0n) is 28.2. The van der Waals surface area contributed by atoms with E-state index in [1.165, 1.54) is 38.4 Å². The number of hydrogen-bond acceptors (Lipinski definition) is 4. The van der Waals surface area contributed by atoms with E-state index in [-0.39, 0.29) is 18.5 Å². The van der Waals surface area contributed by atoms with E-state index in [2.05, 4.69) is 162 Å². The van der Waals surface area contributed by atoms with Crippen molar-refractivity contribution in [3.05, 3.63) is 192 Å². The Balaban J connectivity index is 1.05. The summed E-state index contributed by atoms with van der Waals surface area (Å²) in [6, 6.07) is 60.3. The molecule has 2 heterocycles. The smallest absolute Gasteiger partial charge is 0.154 e. The summed E-state index contributed by atoms with van der Waals surface area (Å²) in [5.41, 5.74) is 9.71. The molecule has 1 fully saturated rings. The maximum absolute atomic E-state index is 6.66. The highest BCUT2D eigenvalue weighted by Crippen LogP contribution is 2.41. The van der Waals surface area contributed by atoms with Crippen LogP contribution in [-0.2, 0) is 0 Å². The summed E-state index contributed by atoms with van der Waals surface area (Å²) in [6.45, 7) is 0. The third kappa shape index (κ3) is 5.54. The lowest BCUT2D eigenvalue weighted by atomic mass is 9.95. The predicted molar refractivity (Wildman–Crippen MR) is 215 cm³/mol. The van der Waals surface area contributed by atoms with Gasteiger partial charge in [0, 0.05) is 10.8 Å². The van der Waals surface area contributed by atoms with Gasteiger partial charge in [0.2, 0.25) is 0 Å². The number of rotatable bonds is 5. The number of para-hydroxylation sites is 1. The lowest BCUT2D eigenvalue weighted by Gasteiger charge is -2.40. The van der Waals surface area contributed by atoms with Crippen molar-refractivity contribution >= 4 is 55.1 Å². The molecule has 1 saturated heterocycles. The van der Waals surface area contributed by atoms with Crippen LogP contribution in [0.3, 0.4) is 0 Å². The van der Waals surface area contributed by atoms with Crippen LogP contribution in [0.25, 0.3) is 65.7 Å². The molecule has 0 amide bonds. The van der Waals surface area contributed by atoms with Gasteiger partial charge in [0.05, 0.1) is 23.5 Å². The molecular formula is C47H34ClN3O. The van der Waals surface area contributed by atoms with E-state index in [0.717, 1.165) is 44.0 Å². The summed E-state index contributed by atoms with van der Waals surface area (Å²) in [6.07, 6.45) is -0.332. The number of nitrogens with one attached hydrogen (secondary N) is 3. The van der Waals surface area contributed by atoms with Crippen LogP contribution in [0, 0.1) is 0 Å². The van der Waals surface area contributed by atoms with Crippen LogP contribution in [0.5, 0.6) is 0 Å². The fourth-order valence-corrected chi connectivity index (χ4v) is 7.98. The van der Waals surface area contributed by atoms with Gasteiger partial charge in [0.15, 0.2) is 5.58 Å². The standard InChI is InChI=1S/C47H34ClN3O/c48-41-24-23-39(43-40-15-6-7-16-42(40)52-44(41)43)34-20-17-31-19-22-37(28-38(31)27-34)47-50-45(35-14-8-13-33(25-35)29-9-2-1-3-10-29)49-46(51-47)36-21-18-30-11-4-5-12-32(30)26-36/h1-28,45-47,49-51H. The van der Waals surface area contributed by atoms with Crippen LogP contribution in [0.4, 0.5) is 0 Å². The number of benzene rings is 8. The van der Waals surface area contributed by atoms with Gasteiger partial charge in [0.25, 0.3) is 0 Å². The fraction of sp³-hybridized carbons (Fsp3) is 0.0638. The zero-order valence-corrected chi connectivity index (χ0v) is 28.9. The summed E-state index contributed by atoms with van der Waals surface area (Å²) in [7, 11) is 0. The molecule has 1 aliphatic rings. The van der Waals surface area contributed by atoms with Gasteiger partial charge in [-0.2, -0.15) is 0 Å². The molecule has 0 aliphatic carbocycles. The quantitative estimate of drug-likeness (QED) is 0.168. The SMILES string of the molecule is Clc1ccc(-c2ccc3ccc(C4NC(c5cccc(-c6ccccc6)c5)NC(c5ccc6ccccc6c5)N4)cc3c2)c2c1oc1ccccc12. The molecule has 250 valence electrons. The molecule has 8 aromatic carbocycles. The number of hydrogen-bond donors (Lipinski definition) is 3. The highest BCUT2D eigenvalue weighted by Gasteiger charge is 2.30. The van der Waals surface area contributed by atoms with Gasteiger partial charge in [0.1, 0.15) is 5.58 Å². The largest absolute Gasteiger partial charge is 0.454 e. The minimum atomic E-state index is -0.129. The Hall–Kier alpha value is -5.75. The van der Waals surface area contributed by atoms with Crippen molar-refractivity contribution in [2.45, 2.75) is 18.5 Å². The molecule has 1 aliphatic heterocycles. The molecule has 0 spiro atoms. The van der Waals surface area contributed by atoms with Gasteiger partial charge in [-0.25, -0.2) is 0 Å². The van der Waals surface area contributed by atoms with E-state index < -0.39 is 0 Å². The second-order valence-corrected chi connectivity index (χ2v) is 14.0. The molecule has 3 unspecified atom stereocenters. The molecule has 52 heavy (non-hydrogen) atoms. The van der Waals surface area contributed by atoms with E-state index in [0.29, 0.717) is 5.02 Å². The fourth-order valence-electron chi connectivity index (χ4n) is 7.79. The monoisotopic (exact) mass is 691 g/mol. The maximum Gasteiger partial charge on any atom is 0.154 e. The van der Waals surface area contributed by atoms with E-state index in [9.17, 15) is 0 Å². The third-order valence-electron chi connectivity index (χ3n) is 10.4. The van der Waals surface area contributed by atoms with Gasteiger partial charge in [-0.1, -0.05) is 145 Å². The molecule has 0 saturated carbocycles. The molecule has 4 nitrogen and oxygen atoms in total. The highest BCUT2D eigenvalue weighted by molar-refractivity contribution is 6.36. The van der Waals surface area contributed by atoms with Crippen molar-refractivity contribution in [3.8, 4) is 22.3 Å². The number of furan rings is 1. The molecule has 0 radical (unpaired) electrons. The normalized spacial score (nSPS) is 17.7. The summed E-state index contributed by atoms with van der Waals surface area (Å²) in [5, 5.41) is 19.2. The Morgan fingerprint density at radius 2 is 1.04 bits per heavy atom. The van der Waals surface area contributed by atoms with Gasteiger partial charge in [-0.05, 0) is 96.9 Å². The van der Waals surface area contributed by atoms with Crippen LogP contribution in [0.2, 0.25) is 5.02 Å². The van der Waals surface area contributed by atoms with E-state index in [1.807, 2.05) is 24.3 Å². The first kappa shape index (κ1) is 31.0. The van der Waals surface area contributed by atoms with Gasteiger partial charge in [-0.3, -0.25) is 16.0 Å². The van der Waals surface area contributed by atoms with Crippen molar-refractivity contribution < 1.29 is 4.42 Å². The summed E-state index contributed by atoms with van der Waals surface area (Å²) >= 11 is 6.66. The molecule has 1 aromatic heterocycles. The minimum Gasteiger partial charge on any atom is -0.454 e. The Morgan fingerprint density at radius 3 is 1.83 bits per heavy atom.